The number of amides is 2. The van der Waals surface area contributed by atoms with E-state index in [9.17, 15) is 14.4 Å². The van der Waals surface area contributed by atoms with Crippen LogP contribution in [0.1, 0.15) is 31.9 Å². The number of esters is 1. The zero-order valence-corrected chi connectivity index (χ0v) is 23.4. The van der Waals surface area contributed by atoms with E-state index < -0.39 is 34.9 Å². The predicted molar refractivity (Wildman–Crippen MR) is 146 cm³/mol. The van der Waals surface area contributed by atoms with Crippen LogP contribution in [-0.2, 0) is 36.3 Å². The lowest BCUT2D eigenvalue weighted by Gasteiger charge is -2.28. The van der Waals surface area contributed by atoms with Crippen molar-refractivity contribution in [2.75, 3.05) is 21.3 Å². The Morgan fingerprint density at radius 1 is 1.00 bits per heavy atom. The fourth-order valence-electron chi connectivity index (χ4n) is 3.09. The van der Waals surface area contributed by atoms with Gasteiger partial charge in [0.1, 0.15) is 23.2 Å². The van der Waals surface area contributed by atoms with Crippen molar-refractivity contribution in [3.63, 3.8) is 0 Å². The van der Waals surface area contributed by atoms with Crippen LogP contribution in [0.3, 0.4) is 0 Å². The molecule has 2 rings (SSSR count). The van der Waals surface area contributed by atoms with Gasteiger partial charge in [0.2, 0.25) is 0 Å². The molecule has 0 bridgehead atoms. The average molecular weight is 545 g/mol. The van der Waals surface area contributed by atoms with Gasteiger partial charge in [-0.3, -0.25) is 14.4 Å². The van der Waals surface area contributed by atoms with Gasteiger partial charge in [0, 0.05) is 18.9 Å². The summed E-state index contributed by atoms with van der Waals surface area (Å²) in [5, 5.41) is 2.85. The largest absolute Gasteiger partial charge is 0.497 e. The Hall–Kier alpha value is -3.50. The molecule has 0 heterocycles. The monoisotopic (exact) mass is 544 g/mol. The van der Waals surface area contributed by atoms with Crippen molar-refractivity contribution in [1.82, 2.24) is 10.4 Å². The minimum atomic E-state index is -0.925. The number of nitrogens with zero attached hydrogens (tertiary/aromatic N) is 1. The molecule has 0 aliphatic rings. The normalized spacial score (nSPS) is 12.9. The molecule has 0 aliphatic heterocycles. The van der Waals surface area contributed by atoms with Crippen LogP contribution in [0.5, 0.6) is 5.75 Å². The van der Waals surface area contributed by atoms with E-state index in [1.54, 1.807) is 27.9 Å². The summed E-state index contributed by atoms with van der Waals surface area (Å²) >= 11 is 1.27. The minimum Gasteiger partial charge on any atom is -0.497 e. The summed E-state index contributed by atoms with van der Waals surface area (Å²) in [6, 6.07) is 15.7. The van der Waals surface area contributed by atoms with Gasteiger partial charge in [-0.2, -0.15) is 0 Å². The number of alkyl carbamates (subject to hydrolysis) is 1. The number of hydroxylamine groups is 2. The van der Waals surface area contributed by atoms with Crippen LogP contribution in [0, 0.1) is 0 Å². The second-order valence-corrected chi connectivity index (χ2v) is 10.4. The van der Waals surface area contributed by atoms with Gasteiger partial charge >= 0.3 is 12.1 Å². The van der Waals surface area contributed by atoms with Crippen LogP contribution in [0.15, 0.2) is 66.7 Å². The Morgan fingerprint density at radius 3 is 2.24 bits per heavy atom. The summed E-state index contributed by atoms with van der Waals surface area (Å²) < 4.78 is 16.3. The van der Waals surface area contributed by atoms with Crippen molar-refractivity contribution in [2.24, 2.45) is 0 Å². The van der Waals surface area contributed by atoms with Gasteiger partial charge in [-0.25, -0.2) is 9.86 Å². The van der Waals surface area contributed by atoms with E-state index in [1.165, 1.54) is 38.1 Å². The highest BCUT2D eigenvalue weighted by molar-refractivity contribution is 7.99. The number of benzene rings is 2. The molecule has 0 aliphatic carbocycles. The fourth-order valence-corrected chi connectivity index (χ4v) is 4.21. The van der Waals surface area contributed by atoms with E-state index in [0.717, 1.165) is 16.2 Å². The maximum atomic E-state index is 13.3. The molecule has 2 atom stereocenters. The van der Waals surface area contributed by atoms with Crippen LogP contribution < -0.4 is 10.1 Å². The summed E-state index contributed by atoms with van der Waals surface area (Å²) in [5.41, 5.74) is 0.989. The molecule has 1 N–H and O–H groups in total. The van der Waals surface area contributed by atoms with Crippen molar-refractivity contribution >= 4 is 29.7 Å². The van der Waals surface area contributed by atoms with Crippen LogP contribution in [0.4, 0.5) is 4.79 Å². The lowest BCUT2D eigenvalue weighted by Crippen LogP contribution is -2.46. The van der Waals surface area contributed by atoms with Gasteiger partial charge in [-0.05, 0) is 44.0 Å². The molecular formula is C28H36N2O7S. The number of rotatable bonds is 12. The van der Waals surface area contributed by atoms with Gasteiger partial charge in [-0.15, -0.1) is 11.8 Å². The first kappa shape index (κ1) is 30.7. The molecule has 0 saturated carbocycles. The number of hydrogen-bond acceptors (Lipinski definition) is 8. The van der Waals surface area contributed by atoms with Crippen molar-refractivity contribution in [3.05, 3.63) is 77.9 Å². The maximum Gasteiger partial charge on any atom is 0.407 e. The van der Waals surface area contributed by atoms with Crippen LogP contribution in [-0.4, -0.2) is 61.2 Å². The van der Waals surface area contributed by atoms with E-state index in [2.05, 4.69) is 5.32 Å². The smallest absolute Gasteiger partial charge is 0.407 e. The molecule has 0 unspecified atom stereocenters. The van der Waals surface area contributed by atoms with Gasteiger partial charge in [0.25, 0.3) is 5.91 Å². The molecule has 206 valence electrons. The number of carbonyl (C=O) groups excluding carboxylic acids is 3. The standard InChI is InChI=1S/C28H36N2O7S/c1-28(2,3)37-26(32)25(38-19-21-12-14-22(34-5)15-13-21)23(16-17-24(31)30(4)35-6)29-27(33)36-18-20-10-8-7-9-11-20/h7-17,23,25H,18-19H2,1-6H3,(H,29,33)/b17-16+/t23-,25-/m1/s1. The second kappa shape index (κ2) is 15.0. The van der Waals surface area contributed by atoms with Crippen molar-refractivity contribution in [2.45, 2.75) is 50.0 Å². The highest BCUT2D eigenvalue weighted by Gasteiger charge is 2.33. The fraction of sp³-hybridized carbons (Fsp3) is 0.393. The Balaban J connectivity index is 2.29. The Labute approximate surface area is 228 Å². The molecule has 0 fully saturated rings. The van der Waals surface area contributed by atoms with E-state index in [0.29, 0.717) is 11.5 Å². The highest BCUT2D eigenvalue weighted by Crippen LogP contribution is 2.26. The third-order valence-corrected chi connectivity index (χ3v) is 6.43. The van der Waals surface area contributed by atoms with Crippen LogP contribution >= 0.6 is 11.8 Å². The van der Waals surface area contributed by atoms with E-state index in [-0.39, 0.29) is 6.61 Å². The zero-order valence-electron chi connectivity index (χ0n) is 22.6. The summed E-state index contributed by atoms with van der Waals surface area (Å²) in [4.78, 5) is 43.4. The van der Waals surface area contributed by atoms with Crippen molar-refractivity contribution in [3.8, 4) is 5.75 Å². The summed E-state index contributed by atoms with van der Waals surface area (Å²) in [6.07, 6.45) is 1.93. The molecule has 10 heteroatoms. The maximum absolute atomic E-state index is 13.3. The average Bonchev–Trinajstić information content (AvgIpc) is 2.89. The molecule has 38 heavy (non-hydrogen) atoms. The third-order valence-electron chi connectivity index (χ3n) is 5.08. The number of hydrogen-bond donors (Lipinski definition) is 1. The first-order chi connectivity index (χ1) is 18.0. The molecule has 2 aromatic carbocycles. The molecule has 0 spiro atoms. The molecule has 2 amide bonds. The Kier molecular flexibility index (Phi) is 12.2. The van der Waals surface area contributed by atoms with Crippen LogP contribution in [0.25, 0.3) is 0 Å². The quantitative estimate of drug-likeness (QED) is 0.237. The molecule has 9 nitrogen and oxygen atoms in total. The van der Waals surface area contributed by atoms with E-state index in [4.69, 9.17) is 19.0 Å². The zero-order chi connectivity index (χ0) is 28.1. The second-order valence-electron chi connectivity index (χ2n) is 9.22. The number of ether oxygens (including phenoxy) is 3. The summed E-state index contributed by atoms with van der Waals surface area (Å²) in [6.45, 7) is 5.34. The van der Waals surface area contributed by atoms with Gasteiger partial charge in [0.05, 0.1) is 20.3 Å². The number of likely N-dealkylation sites (N-methyl/N-ethyl adjacent to an activating group) is 1. The topological polar surface area (TPSA) is 103 Å². The molecular weight excluding hydrogens is 508 g/mol. The van der Waals surface area contributed by atoms with Gasteiger partial charge in [0.15, 0.2) is 0 Å². The molecule has 0 saturated heterocycles. The van der Waals surface area contributed by atoms with Crippen molar-refractivity contribution < 1.29 is 33.4 Å². The van der Waals surface area contributed by atoms with E-state index in [1.807, 2.05) is 54.6 Å². The number of nitrogens with one attached hydrogen (secondary N) is 1. The lowest BCUT2D eigenvalue weighted by molar-refractivity contribution is -0.162. The Bertz CT molecular complexity index is 1070. The lowest BCUT2D eigenvalue weighted by atomic mass is 10.1. The van der Waals surface area contributed by atoms with E-state index >= 15 is 0 Å². The first-order valence-corrected chi connectivity index (χ1v) is 13.0. The molecule has 0 aromatic heterocycles. The Morgan fingerprint density at radius 2 is 1.66 bits per heavy atom. The summed E-state index contributed by atoms with van der Waals surface area (Å²) in [5.74, 6) is 0.138. The molecule has 2 aromatic rings. The third kappa shape index (κ3) is 10.9. The molecule has 0 radical (unpaired) electrons. The SMILES string of the molecule is COc1ccc(CS[C@@H](C(=O)OC(C)(C)C)[C@@H](/C=C/C(=O)N(C)OC)NC(=O)OCc2ccccc2)cc1. The van der Waals surface area contributed by atoms with Gasteiger partial charge < -0.3 is 19.5 Å². The van der Waals surface area contributed by atoms with Crippen molar-refractivity contribution in [1.29, 1.82) is 0 Å². The minimum absolute atomic E-state index is 0.0462. The van der Waals surface area contributed by atoms with Crippen LogP contribution in [0.2, 0.25) is 0 Å². The number of carbonyl (C=O) groups is 3. The number of thioether (sulfide) groups is 1. The number of methoxy groups -OCH3 is 1. The summed E-state index contributed by atoms with van der Waals surface area (Å²) in [7, 11) is 4.40. The highest BCUT2D eigenvalue weighted by atomic mass is 32.2. The van der Waals surface area contributed by atoms with Gasteiger partial charge in [-0.1, -0.05) is 48.5 Å². The first-order valence-electron chi connectivity index (χ1n) is 12.0. The predicted octanol–water partition coefficient (Wildman–Crippen LogP) is 4.51.